The quantitative estimate of drug-likeness (QED) is 0.168. The van der Waals surface area contributed by atoms with Crippen molar-refractivity contribution in [2.45, 2.75) is 24.2 Å². The number of hydrogen-bond donors (Lipinski definition) is 1. The van der Waals surface area contributed by atoms with Crippen LogP contribution in [-0.2, 0) is 11.8 Å². The molecule has 0 radical (unpaired) electrons. The van der Waals surface area contributed by atoms with Gasteiger partial charge in [0.2, 0.25) is 0 Å². The van der Waals surface area contributed by atoms with Gasteiger partial charge in [0.1, 0.15) is 0 Å². The molecule has 2 aliphatic heterocycles. The molecule has 10 aromatic rings. The molecule has 0 saturated heterocycles. The zero-order valence-corrected chi connectivity index (χ0v) is 36.1. The third-order valence-electron chi connectivity index (χ3n) is 14.6. The van der Waals surface area contributed by atoms with Crippen LogP contribution in [0.4, 0.5) is 28.4 Å². The van der Waals surface area contributed by atoms with Gasteiger partial charge in [-0.15, -0.1) is 0 Å². The molecule has 1 aliphatic carbocycles. The predicted octanol–water partition coefficient (Wildman–Crippen LogP) is 13.9. The first-order valence-electron chi connectivity index (χ1n) is 23.1. The molecule has 3 aliphatic rings. The summed E-state index contributed by atoms with van der Waals surface area (Å²) in [5.41, 5.74) is 22.7. The van der Waals surface area contributed by atoms with Gasteiger partial charge in [0, 0.05) is 34.2 Å². The van der Waals surface area contributed by atoms with E-state index in [2.05, 4.69) is 241 Å². The fraction of sp³-hybridized carbons (Fsp3) is 0.0645. The molecule has 65 heavy (non-hydrogen) atoms. The van der Waals surface area contributed by atoms with Crippen LogP contribution in [0.25, 0.3) is 33.0 Å². The van der Waals surface area contributed by atoms with E-state index in [1.165, 1.54) is 82.9 Å². The lowest BCUT2D eigenvalue weighted by Crippen LogP contribution is -2.41. The average molecular weight is 829 g/mol. The SMILES string of the molecule is B1c2cccc3c2C(CCc2ccc4ccccc4c2-3)c2cc(N(c3ccccc3)c3ccccc3)cc(-c3cccc4c3Nc3ccccc3C4(c3ccccc3)c3ccccc3)c21. The van der Waals surface area contributed by atoms with Gasteiger partial charge < -0.3 is 10.2 Å². The highest BCUT2D eigenvalue weighted by Gasteiger charge is 2.45. The van der Waals surface area contributed by atoms with E-state index in [4.69, 9.17) is 0 Å². The van der Waals surface area contributed by atoms with Crippen molar-refractivity contribution in [2.75, 3.05) is 10.2 Å². The second kappa shape index (κ2) is 15.1. The second-order valence-electron chi connectivity index (χ2n) is 17.9. The maximum atomic E-state index is 4.11. The van der Waals surface area contributed by atoms with Crippen molar-refractivity contribution in [1.82, 2.24) is 0 Å². The lowest BCUT2D eigenvalue weighted by Gasteiger charge is -2.43. The zero-order chi connectivity index (χ0) is 42.9. The van der Waals surface area contributed by atoms with Gasteiger partial charge in [-0.05, 0) is 122 Å². The van der Waals surface area contributed by atoms with Gasteiger partial charge in [0.25, 0.3) is 0 Å². The number of fused-ring (bicyclic) bond motifs is 8. The van der Waals surface area contributed by atoms with Gasteiger partial charge in [0.05, 0.1) is 11.1 Å². The van der Waals surface area contributed by atoms with Gasteiger partial charge >= 0.3 is 0 Å². The van der Waals surface area contributed by atoms with Crippen LogP contribution in [-0.4, -0.2) is 7.28 Å². The Morgan fingerprint density at radius 1 is 0.492 bits per heavy atom. The fourth-order valence-electron chi connectivity index (χ4n) is 11.9. The van der Waals surface area contributed by atoms with Crippen LogP contribution < -0.4 is 21.1 Å². The average Bonchev–Trinajstić information content (AvgIpc) is 3.55. The number of aryl methyl sites for hydroxylation is 1. The third kappa shape index (κ3) is 5.82. The van der Waals surface area contributed by atoms with E-state index >= 15 is 0 Å². The Bertz CT molecular complexity index is 3360. The molecule has 13 rings (SSSR count). The van der Waals surface area contributed by atoms with Crippen LogP contribution in [0.1, 0.15) is 51.3 Å². The van der Waals surface area contributed by atoms with Gasteiger partial charge in [-0.2, -0.15) is 0 Å². The van der Waals surface area contributed by atoms with Crippen molar-refractivity contribution in [2.24, 2.45) is 0 Å². The molecule has 1 atom stereocenters. The first-order valence-corrected chi connectivity index (χ1v) is 23.1. The lowest BCUT2D eigenvalue weighted by atomic mass is 9.51. The zero-order valence-electron chi connectivity index (χ0n) is 36.1. The molecular weight excluding hydrogens is 784 g/mol. The molecule has 1 unspecified atom stereocenters. The van der Waals surface area contributed by atoms with E-state index in [9.17, 15) is 0 Å². The van der Waals surface area contributed by atoms with Gasteiger partial charge in [0.15, 0.2) is 7.28 Å². The number of para-hydroxylation sites is 4. The van der Waals surface area contributed by atoms with Crippen molar-refractivity contribution in [3.63, 3.8) is 0 Å². The normalized spacial score (nSPS) is 14.9. The number of rotatable bonds is 6. The van der Waals surface area contributed by atoms with Crippen molar-refractivity contribution in [1.29, 1.82) is 0 Å². The summed E-state index contributed by atoms with van der Waals surface area (Å²) in [6.45, 7) is 0. The van der Waals surface area contributed by atoms with Crippen molar-refractivity contribution >= 4 is 57.4 Å². The molecule has 1 N–H and O–H groups in total. The molecule has 0 saturated carbocycles. The summed E-state index contributed by atoms with van der Waals surface area (Å²) in [7, 11) is 0.851. The van der Waals surface area contributed by atoms with Gasteiger partial charge in [-0.1, -0.05) is 199 Å². The Kier molecular flexibility index (Phi) is 8.77. The maximum Gasteiger partial charge on any atom is 0.193 e. The monoisotopic (exact) mass is 828 g/mol. The minimum atomic E-state index is -0.565. The van der Waals surface area contributed by atoms with E-state index in [0.29, 0.717) is 0 Å². The van der Waals surface area contributed by atoms with Crippen LogP contribution >= 0.6 is 0 Å². The molecule has 0 fully saturated rings. The first kappa shape index (κ1) is 37.7. The molecule has 0 bridgehead atoms. The third-order valence-corrected chi connectivity index (χ3v) is 14.6. The summed E-state index contributed by atoms with van der Waals surface area (Å²) in [6, 6.07) is 85.9. The van der Waals surface area contributed by atoms with E-state index in [0.717, 1.165) is 48.6 Å². The molecule has 2 heterocycles. The summed E-state index contributed by atoms with van der Waals surface area (Å²) in [5, 5.41) is 6.76. The predicted molar refractivity (Wildman–Crippen MR) is 274 cm³/mol. The molecular formula is C62H45BN2. The van der Waals surface area contributed by atoms with Crippen molar-refractivity contribution < 1.29 is 0 Å². The summed E-state index contributed by atoms with van der Waals surface area (Å²) < 4.78 is 0. The molecule has 0 spiro atoms. The Morgan fingerprint density at radius 2 is 1.11 bits per heavy atom. The number of nitrogens with zero attached hydrogens (tertiary/aromatic N) is 1. The van der Waals surface area contributed by atoms with E-state index < -0.39 is 5.41 Å². The smallest absolute Gasteiger partial charge is 0.193 e. The number of hydrogen-bond acceptors (Lipinski definition) is 2. The van der Waals surface area contributed by atoms with Crippen molar-refractivity contribution in [3.05, 3.63) is 269 Å². The van der Waals surface area contributed by atoms with Crippen molar-refractivity contribution in [3.8, 4) is 22.3 Å². The number of benzene rings is 10. The highest BCUT2D eigenvalue weighted by Crippen LogP contribution is 2.56. The molecule has 0 amide bonds. The molecule has 2 nitrogen and oxygen atoms in total. The summed E-state index contributed by atoms with van der Waals surface area (Å²) in [6.07, 6.45) is 2.04. The summed E-state index contributed by atoms with van der Waals surface area (Å²) >= 11 is 0. The van der Waals surface area contributed by atoms with Gasteiger partial charge in [-0.3, -0.25) is 0 Å². The standard InChI is InChI=1S/C62H45BN2/c1-5-20-43(21-6-1)62(44-22-7-2-8-23-44)54-31-15-16-34-57(54)64-61-50(29-17-32-55(61)62)53-40-47(65(45-24-9-3-10-25-45)46-26-11-4-12-27-46)39-52-49-38-37-42-36-35-41-19-13-14-28-48(41)58(42)51-30-18-33-56(59(49)51)63-60(52)53/h1-36,39-40,49,63-64H,37-38H2. The Labute approximate surface area is 381 Å². The molecule has 306 valence electrons. The topological polar surface area (TPSA) is 15.3 Å². The van der Waals surface area contributed by atoms with Crippen LogP contribution in [0, 0.1) is 0 Å². The van der Waals surface area contributed by atoms with E-state index in [1.807, 2.05) is 0 Å². The number of nitrogens with one attached hydrogen (secondary N) is 1. The Hall–Kier alpha value is -7.88. The lowest BCUT2D eigenvalue weighted by molar-refractivity contribution is 0.730. The van der Waals surface area contributed by atoms with Crippen LogP contribution in [0.5, 0.6) is 0 Å². The highest BCUT2D eigenvalue weighted by molar-refractivity contribution is 6.70. The van der Waals surface area contributed by atoms with Crippen LogP contribution in [0.3, 0.4) is 0 Å². The van der Waals surface area contributed by atoms with E-state index in [1.54, 1.807) is 0 Å². The largest absolute Gasteiger partial charge is 0.354 e. The van der Waals surface area contributed by atoms with Gasteiger partial charge in [-0.25, -0.2) is 0 Å². The minimum absolute atomic E-state index is 0.212. The fourth-order valence-corrected chi connectivity index (χ4v) is 11.9. The van der Waals surface area contributed by atoms with Crippen LogP contribution in [0.15, 0.2) is 231 Å². The molecule has 3 heteroatoms. The Balaban J connectivity index is 1.11. The molecule has 0 aromatic heterocycles. The highest BCUT2D eigenvalue weighted by atomic mass is 15.1. The number of anilines is 5. The molecule has 10 aromatic carbocycles. The summed E-state index contributed by atoms with van der Waals surface area (Å²) in [5.74, 6) is 0.212. The maximum absolute atomic E-state index is 4.11. The summed E-state index contributed by atoms with van der Waals surface area (Å²) in [4.78, 5) is 2.46. The Morgan fingerprint density at radius 3 is 1.85 bits per heavy atom. The minimum Gasteiger partial charge on any atom is -0.354 e. The van der Waals surface area contributed by atoms with E-state index in [-0.39, 0.29) is 5.92 Å². The second-order valence-corrected chi connectivity index (χ2v) is 17.9. The first-order chi connectivity index (χ1) is 32.3. The van der Waals surface area contributed by atoms with Crippen LogP contribution in [0.2, 0.25) is 0 Å².